The molecule has 0 fully saturated rings. The SMILES string of the molecule is CC(C)(C)c1n[nH]nc1C=Nc1ccc(Br)cc1. The maximum Gasteiger partial charge on any atom is 0.127 e. The number of nitrogens with zero attached hydrogens (tertiary/aromatic N) is 3. The van der Waals surface area contributed by atoms with Gasteiger partial charge in [0.25, 0.3) is 0 Å². The third-order valence-corrected chi connectivity index (χ3v) is 2.98. The quantitative estimate of drug-likeness (QED) is 0.862. The Kier molecular flexibility index (Phi) is 3.61. The van der Waals surface area contributed by atoms with Crippen LogP contribution < -0.4 is 0 Å². The molecule has 0 aliphatic rings. The summed E-state index contributed by atoms with van der Waals surface area (Å²) in [6.07, 6.45) is 1.74. The molecule has 0 radical (unpaired) electrons. The molecule has 1 aromatic carbocycles. The lowest BCUT2D eigenvalue weighted by atomic mass is 9.91. The molecule has 0 aliphatic heterocycles. The summed E-state index contributed by atoms with van der Waals surface area (Å²) in [6.45, 7) is 6.30. The topological polar surface area (TPSA) is 53.9 Å². The Bertz CT molecular complexity index is 549. The first-order valence-corrected chi connectivity index (χ1v) is 6.47. The van der Waals surface area contributed by atoms with Gasteiger partial charge in [-0.05, 0) is 24.3 Å². The van der Waals surface area contributed by atoms with Crippen molar-refractivity contribution in [3.63, 3.8) is 0 Å². The molecule has 5 heteroatoms. The number of H-pyrrole nitrogens is 1. The first-order valence-electron chi connectivity index (χ1n) is 5.68. The Morgan fingerprint density at radius 1 is 1.17 bits per heavy atom. The van der Waals surface area contributed by atoms with Crippen LogP contribution in [-0.2, 0) is 5.41 Å². The van der Waals surface area contributed by atoms with Gasteiger partial charge in [0.2, 0.25) is 0 Å². The van der Waals surface area contributed by atoms with Crippen LogP contribution in [0.1, 0.15) is 32.2 Å². The van der Waals surface area contributed by atoms with Gasteiger partial charge in [0.05, 0.1) is 17.6 Å². The molecule has 0 bridgehead atoms. The van der Waals surface area contributed by atoms with Crippen LogP contribution in [0.15, 0.2) is 33.7 Å². The third-order valence-electron chi connectivity index (χ3n) is 2.45. The molecule has 4 nitrogen and oxygen atoms in total. The van der Waals surface area contributed by atoms with Gasteiger partial charge in [-0.25, -0.2) is 0 Å². The van der Waals surface area contributed by atoms with Gasteiger partial charge in [0.1, 0.15) is 5.69 Å². The molecule has 1 aromatic heterocycles. The van der Waals surface area contributed by atoms with E-state index in [-0.39, 0.29) is 5.41 Å². The Morgan fingerprint density at radius 3 is 2.44 bits per heavy atom. The monoisotopic (exact) mass is 306 g/mol. The van der Waals surface area contributed by atoms with E-state index in [2.05, 4.69) is 57.1 Å². The van der Waals surface area contributed by atoms with Crippen molar-refractivity contribution >= 4 is 27.8 Å². The Morgan fingerprint density at radius 2 is 1.83 bits per heavy atom. The number of nitrogens with one attached hydrogen (secondary N) is 1. The number of hydrogen-bond donors (Lipinski definition) is 1. The van der Waals surface area contributed by atoms with E-state index in [4.69, 9.17) is 0 Å². The molecular formula is C13H15BrN4. The van der Waals surface area contributed by atoms with Gasteiger partial charge < -0.3 is 0 Å². The fourth-order valence-electron chi connectivity index (χ4n) is 1.54. The average molecular weight is 307 g/mol. The van der Waals surface area contributed by atoms with Crippen LogP contribution in [0.4, 0.5) is 5.69 Å². The number of aliphatic imine (C=N–C) groups is 1. The number of aromatic amines is 1. The molecule has 0 amide bonds. The van der Waals surface area contributed by atoms with E-state index in [1.807, 2.05) is 24.3 Å². The van der Waals surface area contributed by atoms with E-state index in [0.29, 0.717) is 0 Å². The molecule has 0 saturated heterocycles. The standard InChI is InChI=1S/C13H15BrN4/c1-13(2,3)12-11(16-18-17-12)8-15-10-6-4-9(14)5-7-10/h4-8H,1-3H3,(H,16,17,18). The summed E-state index contributed by atoms with van der Waals surface area (Å²) in [7, 11) is 0. The smallest absolute Gasteiger partial charge is 0.127 e. The van der Waals surface area contributed by atoms with E-state index >= 15 is 0 Å². The van der Waals surface area contributed by atoms with E-state index in [0.717, 1.165) is 21.5 Å². The molecule has 2 rings (SSSR count). The van der Waals surface area contributed by atoms with Crippen molar-refractivity contribution < 1.29 is 0 Å². The molecule has 0 unspecified atom stereocenters. The summed E-state index contributed by atoms with van der Waals surface area (Å²) in [6, 6.07) is 7.80. The van der Waals surface area contributed by atoms with Gasteiger partial charge in [-0.2, -0.15) is 15.4 Å². The summed E-state index contributed by atoms with van der Waals surface area (Å²) in [5.41, 5.74) is 2.54. The summed E-state index contributed by atoms with van der Waals surface area (Å²) >= 11 is 3.39. The van der Waals surface area contributed by atoms with Gasteiger partial charge in [0.15, 0.2) is 0 Å². The third kappa shape index (κ3) is 3.04. The van der Waals surface area contributed by atoms with Crippen molar-refractivity contribution in [2.75, 3.05) is 0 Å². The second-order valence-corrected chi connectivity index (χ2v) is 5.96. The zero-order valence-corrected chi connectivity index (χ0v) is 12.2. The number of aromatic nitrogens is 3. The molecule has 2 aromatic rings. The first-order chi connectivity index (χ1) is 8.47. The van der Waals surface area contributed by atoms with E-state index in [1.165, 1.54) is 0 Å². The number of rotatable bonds is 2. The highest BCUT2D eigenvalue weighted by Gasteiger charge is 2.21. The minimum absolute atomic E-state index is 0.0476. The summed E-state index contributed by atoms with van der Waals surface area (Å²) < 4.78 is 1.04. The number of hydrogen-bond acceptors (Lipinski definition) is 3. The Labute approximate surface area is 115 Å². The van der Waals surface area contributed by atoms with Gasteiger partial charge in [-0.3, -0.25) is 4.99 Å². The minimum Gasteiger partial charge on any atom is -0.254 e. The van der Waals surface area contributed by atoms with Crippen molar-refractivity contribution in [2.45, 2.75) is 26.2 Å². The summed E-state index contributed by atoms with van der Waals surface area (Å²) in [5, 5.41) is 11.0. The highest BCUT2D eigenvalue weighted by Crippen LogP contribution is 2.22. The Balaban J connectivity index is 2.24. The van der Waals surface area contributed by atoms with Crippen LogP contribution in [0.5, 0.6) is 0 Å². The zero-order chi connectivity index (χ0) is 13.2. The molecule has 1 N–H and O–H groups in total. The maximum atomic E-state index is 4.40. The van der Waals surface area contributed by atoms with E-state index < -0.39 is 0 Å². The molecule has 0 spiro atoms. The van der Waals surface area contributed by atoms with Crippen LogP contribution in [0.25, 0.3) is 0 Å². The molecule has 94 valence electrons. The second-order valence-electron chi connectivity index (χ2n) is 5.04. The second kappa shape index (κ2) is 5.02. The molecule has 0 atom stereocenters. The van der Waals surface area contributed by atoms with Crippen LogP contribution in [0.2, 0.25) is 0 Å². The van der Waals surface area contributed by atoms with Crippen LogP contribution in [0.3, 0.4) is 0 Å². The lowest BCUT2D eigenvalue weighted by molar-refractivity contribution is 0.566. The lowest BCUT2D eigenvalue weighted by Crippen LogP contribution is -2.14. The van der Waals surface area contributed by atoms with E-state index in [1.54, 1.807) is 6.21 Å². The van der Waals surface area contributed by atoms with Crippen LogP contribution in [0, 0.1) is 0 Å². The zero-order valence-electron chi connectivity index (χ0n) is 10.6. The van der Waals surface area contributed by atoms with Crippen molar-refractivity contribution in [1.29, 1.82) is 0 Å². The summed E-state index contributed by atoms with van der Waals surface area (Å²) in [4.78, 5) is 4.40. The minimum atomic E-state index is -0.0476. The predicted octanol–water partition coefficient (Wildman–Crippen LogP) is 3.62. The van der Waals surface area contributed by atoms with Crippen molar-refractivity contribution in [3.8, 4) is 0 Å². The summed E-state index contributed by atoms with van der Waals surface area (Å²) in [5.74, 6) is 0. The average Bonchev–Trinajstić information content (AvgIpc) is 2.76. The highest BCUT2D eigenvalue weighted by molar-refractivity contribution is 9.10. The number of halogens is 1. The molecule has 1 heterocycles. The van der Waals surface area contributed by atoms with Crippen LogP contribution in [-0.4, -0.2) is 21.6 Å². The largest absolute Gasteiger partial charge is 0.254 e. The normalized spacial score (nSPS) is 12.2. The van der Waals surface area contributed by atoms with Gasteiger partial charge >= 0.3 is 0 Å². The lowest BCUT2D eigenvalue weighted by Gasteiger charge is -2.14. The van der Waals surface area contributed by atoms with Crippen LogP contribution >= 0.6 is 15.9 Å². The molecule has 0 aliphatic carbocycles. The highest BCUT2D eigenvalue weighted by atomic mass is 79.9. The van der Waals surface area contributed by atoms with Gasteiger partial charge in [0, 0.05) is 9.89 Å². The molecular weight excluding hydrogens is 292 g/mol. The fourth-order valence-corrected chi connectivity index (χ4v) is 1.81. The van der Waals surface area contributed by atoms with E-state index in [9.17, 15) is 0 Å². The predicted molar refractivity (Wildman–Crippen MR) is 76.5 cm³/mol. The van der Waals surface area contributed by atoms with Crippen molar-refractivity contribution in [1.82, 2.24) is 15.4 Å². The molecule has 0 saturated carbocycles. The van der Waals surface area contributed by atoms with Gasteiger partial charge in [-0.1, -0.05) is 36.7 Å². The molecule has 18 heavy (non-hydrogen) atoms. The fraction of sp³-hybridized carbons (Fsp3) is 0.308. The van der Waals surface area contributed by atoms with Gasteiger partial charge in [-0.15, -0.1) is 0 Å². The maximum absolute atomic E-state index is 4.40. The van der Waals surface area contributed by atoms with Crippen molar-refractivity contribution in [3.05, 3.63) is 40.1 Å². The number of benzene rings is 1. The first kappa shape index (κ1) is 13.0. The Hall–Kier alpha value is -1.49. The van der Waals surface area contributed by atoms with Crippen molar-refractivity contribution in [2.24, 2.45) is 4.99 Å².